The minimum atomic E-state index is -0.178. The molecule has 1 aliphatic heterocycles. The second-order valence-electron chi connectivity index (χ2n) is 5.17. The summed E-state index contributed by atoms with van der Waals surface area (Å²) < 4.78 is 0. The molecule has 4 atom stereocenters. The van der Waals surface area contributed by atoms with Crippen LogP contribution in [0.25, 0.3) is 0 Å². The normalized spacial score (nSPS) is 43.3. The Morgan fingerprint density at radius 2 is 1.93 bits per heavy atom. The highest BCUT2D eigenvalue weighted by atomic mass is 16.2. The van der Waals surface area contributed by atoms with Gasteiger partial charge in [-0.15, -0.1) is 0 Å². The van der Waals surface area contributed by atoms with Crippen molar-refractivity contribution in [2.45, 2.75) is 39.8 Å². The molecule has 1 amide bonds. The average molecular weight is 195 g/mol. The van der Waals surface area contributed by atoms with Crippen LogP contribution < -0.4 is 0 Å². The number of piperidine rings is 1. The monoisotopic (exact) mass is 195 g/mol. The van der Waals surface area contributed by atoms with Gasteiger partial charge < -0.3 is 9.69 Å². The van der Waals surface area contributed by atoms with E-state index in [-0.39, 0.29) is 23.4 Å². The smallest absolute Gasteiger partial charge is 0.220 e. The van der Waals surface area contributed by atoms with Gasteiger partial charge in [0, 0.05) is 13.0 Å². The minimum Gasteiger partial charge on any atom is -0.330 e. The Hall–Kier alpha value is -0.860. The highest BCUT2D eigenvalue weighted by Crippen LogP contribution is 2.67. The number of rotatable bonds is 1. The van der Waals surface area contributed by atoms with Gasteiger partial charge in [0.2, 0.25) is 5.91 Å². The maximum Gasteiger partial charge on any atom is 0.220 e. The molecule has 2 aliphatic rings. The number of aldehydes is 1. The molecule has 0 aromatic rings. The minimum absolute atomic E-state index is 0.0256. The summed E-state index contributed by atoms with van der Waals surface area (Å²) in [5.41, 5.74) is 0.247. The number of carbonyl (C=O) groups is 2. The molecule has 1 unspecified atom stereocenters. The van der Waals surface area contributed by atoms with E-state index < -0.39 is 0 Å². The maximum atomic E-state index is 11.4. The Bertz CT molecular complexity index is 298. The summed E-state index contributed by atoms with van der Waals surface area (Å²) in [6.07, 6.45) is 0.942. The van der Waals surface area contributed by atoms with E-state index in [1.807, 2.05) is 0 Å². The Kier molecular flexibility index (Phi) is 1.79. The second-order valence-corrected chi connectivity index (χ2v) is 5.17. The number of hydrogen-bond acceptors (Lipinski definition) is 2. The van der Waals surface area contributed by atoms with Gasteiger partial charge in [0.25, 0.3) is 0 Å². The van der Waals surface area contributed by atoms with Crippen molar-refractivity contribution >= 4 is 12.2 Å². The Morgan fingerprint density at radius 1 is 1.36 bits per heavy atom. The Balaban J connectivity index is 2.28. The lowest BCUT2D eigenvalue weighted by molar-refractivity contribution is -0.136. The third-order valence-corrected chi connectivity index (χ3v) is 4.15. The summed E-state index contributed by atoms with van der Waals surface area (Å²) in [5, 5.41) is 0. The second kappa shape index (κ2) is 2.59. The van der Waals surface area contributed by atoms with E-state index in [9.17, 15) is 9.59 Å². The molecule has 0 spiro atoms. The quantitative estimate of drug-likeness (QED) is 0.587. The van der Waals surface area contributed by atoms with Crippen LogP contribution in [-0.2, 0) is 9.59 Å². The molecule has 0 aromatic heterocycles. The summed E-state index contributed by atoms with van der Waals surface area (Å²) in [5.74, 6) is 0.929. The molecule has 0 radical (unpaired) electrons. The van der Waals surface area contributed by atoms with Gasteiger partial charge in [-0.1, -0.05) is 13.8 Å². The molecule has 0 bridgehead atoms. The van der Waals surface area contributed by atoms with Crippen LogP contribution in [0, 0.1) is 17.3 Å². The molecule has 1 aliphatic carbocycles. The highest BCUT2D eigenvalue weighted by Gasteiger charge is 2.70. The van der Waals surface area contributed by atoms with Gasteiger partial charge in [0.15, 0.2) is 0 Å². The van der Waals surface area contributed by atoms with Crippen molar-refractivity contribution in [3.63, 3.8) is 0 Å². The first kappa shape index (κ1) is 9.69. The van der Waals surface area contributed by atoms with Crippen molar-refractivity contribution in [2.24, 2.45) is 17.3 Å². The highest BCUT2D eigenvalue weighted by molar-refractivity contribution is 5.80. The van der Waals surface area contributed by atoms with Crippen molar-refractivity contribution in [3.05, 3.63) is 0 Å². The summed E-state index contributed by atoms with van der Waals surface area (Å²) in [6, 6.07) is 0.0465. The third-order valence-electron chi connectivity index (χ3n) is 4.15. The van der Waals surface area contributed by atoms with Crippen LogP contribution in [0.15, 0.2) is 0 Å². The first-order valence-electron chi connectivity index (χ1n) is 5.17. The summed E-state index contributed by atoms with van der Waals surface area (Å²) in [6.45, 7) is 7.97. The zero-order chi connectivity index (χ0) is 10.7. The predicted molar refractivity (Wildman–Crippen MR) is 52.6 cm³/mol. The number of hydrogen-bond donors (Lipinski definition) is 0. The van der Waals surface area contributed by atoms with Crippen LogP contribution in [0.2, 0.25) is 0 Å². The van der Waals surface area contributed by atoms with Gasteiger partial charge >= 0.3 is 0 Å². The fourth-order valence-corrected chi connectivity index (χ4v) is 3.56. The average Bonchev–Trinajstić information content (AvgIpc) is 2.50. The molecule has 78 valence electrons. The number of nitrogens with zero attached hydrogens (tertiary/aromatic N) is 1. The van der Waals surface area contributed by atoms with E-state index >= 15 is 0 Å². The van der Waals surface area contributed by atoms with Crippen LogP contribution in [0.3, 0.4) is 0 Å². The van der Waals surface area contributed by atoms with Gasteiger partial charge in [0.1, 0.15) is 6.29 Å². The molecule has 3 heteroatoms. The lowest BCUT2D eigenvalue weighted by atomic mass is 9.99. The number of amides is 1. The van der Waals surface area contributed by atoms with E-state index in [1.54, 1.807) is 11.8 Å². The van der Waals surface area contributed by atoms with Crippen molar-refractivity contribution in [1.29, 1.82) is 0 Å². The molecule has 14 heavy (non-hydrogen) atoms. The van der Waals surface area contributed by atoms with Gasteiger partial charge in [-0.2, -0.15) is 0 Å². The largest absolute Gasteiger partial charge is 0.330 e. The van der Waals surface area contributed by atoms with Crippen molar-refractivity contribution in [3.8, 4) is 0 Å². The summed E-state index contributed by atoms with van der Waals surface area (Å²) in [4.78, 5) is 24.1. The van der Waals surface area contributed by atoms with Crippen molar-refractivity contribution in [1.82, 2.24) is 4.90 Å². The molecule has 2 rings (SSSR count). The standard InChI is InChI=1S/C11H17NO2/c1-6-9-10(11(9,3)4)8(5-13)12(6)7(2)14/h5-6,8-10H,1-4H3/t6?,8-,9+,10-/m1/s1. The van der Waals surface area contributed by atoms with Gasteiger partial charge in [-0.05, 0) is 24.2 Å². The molecule has 2 fully saturated rings. The summed E-state index contributed by atoms with van der Waals surface area (Å²) >= 11 is 0. The lowest BCUT2D eigenvalue weighted by Gasteiger charge is -2.31. The van der Waals surface area contributed by atoms with Crippen LogP contribution in [0.1, 0.15) is 27.7 Å². The van der Waals surface area contributed by atoms with Gasteiger partial charge in [-0.25, -0.2) is 0 Å². The Labute approximate surface area is 84.5 Å². The Morgan fingerprint density at radius 3 is 2.36 bits per heavy atom. The molecular formula is C11H17NO2. The SMILES string of the molecule is CC(=O)N1C(C)[C@H]2[C@@H]([C@H]1C=O)C2(C)C. The molecule has 1 heterocycles. The maximum absolute atomic E-state index is 11.4. The molecule has 1 saturated heterocycles. The first-order valence-corrected chi connectivity index (χ1v) is 5.17. The van der Waals surface area contributed by atoms with Crippen molar-refractivity contribution < 1.29 is 9.59 Å². The predicted octanol–water partition coefficient (Wildman–Crippen LogP) is 1.08. The van der Waals surface area contributed by atoms with Gasteiger partial charge in [-0.3, -0.25) is 4.79 Å². The number of carbonyl (C=O) groups excluding carboxylic acids is 2. The lowest BCUT2D eigenvalue weighted by Crippen LogP contribution is -2.44. The topological polar surface area (TPSA) is 37.4 Å². The van der Waals surface area contributed by atoms with Crippen LogP contribution >= 0.6 is 0 Å². The molecule has 0 aromatic carbocycles. The fraction of sp³-hybridized carbons (Fsp3) is 0.818. The van der Waals surface area contributed by atoms with E-state index in [4.69, 9.17) is 0 Å². The summed E-state index contributed by atoms with van der Waals surface area (Å²) in [7, 11) is 0. The van der Waals surface area contributed by atoms with Crippen molar-refractivity contribution in [2.75, 3.05) is 0 Å². The third kappa shape index (κ3) is 0.928. The van der Waals surface area contributed by atoms with Crippen LogP contribution in [0.4, 0.5) is 0 Å². The number of fused-ring (bicyclic) bond motifs is 1. The first-order chi connectivity index (χ1) is 6.42. The van der Waals surface area contributed by atoms with E-state index in [2.05, 4.69) is 20.8 Å². The van der Waals surface area contributed by atoms with E-state index in [0.717, 1.165) is 6.29 Å². The van der Waals surface area contributed by atoms with E-state index in [1.165, 1.54) is 0 Å². The zero-order valence-corrected chi connectivity index (χ0v) is 9.15. The zero-order valence-electron chi connectivity index (χ0n) is 9.15. The van der Waals surface area contributed by atoms with Gasteiger partial charge in [0.05, 0.1) is 6.04 Å². The molecular weight excluding hydrogens is 178 g/mol. The van der Waals surface area contributed by atoms with Crippen LogP contribution in [0.5, 0.6) is 0 Å². The number of likely N-dealkylation sites (tertiary alicyclic amines) is 1. The molecule has 1 saturated carbocycles. The fourth-order valence-electron chi connectivity index (χ4n) is 3.56. The van der Waals surface area contributed by atoms with E-state index in [0.29, 0.717) is 11.8 Å². The molecule has 3 nitrogen and oxygen atoms in total. The molecule has 0 N–H and O–H groups in total. The van der Waals surface area contributed by atoms with Crippen LogP contribution in [-0.4, -0.2) is 29.2 Å².